The van der Waals surface area contributed by atoms with E-state index < -0.39 is 0 Å². The molecule has 0 radical (unpaired) electrons. The zero-order chi connectivity index (χ0) is 19.4. The molecule has 0 unspecified atom stereocenters. The average Bonchev–Trinajstić information content (AvgIpc) is 3.13. The highest BCUT2D eigenvalue weighted by Crippen LogP contribution is 2.33. The van der Waals surface area contributed by atoms with Crippen LogP contribution in [0, 0.1) is 0 Å². The number of hydrogen-bond donors (Lipinski definition) is 0. The van der Waals surface area contributed by atoms with Gasteiger partial charge in [-0.1, -0.05) is 18.2 Å². The summed E-state index contributed by atoms with van der Waals surface area (Å²) in [7, 11) is 5.21. The molecule has 0 spiro atoms. The normalized spacial score (nSPS) is 12.0. The number of hydrogen-bond acceptors (Lipinski definition) is 5. The van der Waals surface area contributed by atoms with E-state index in [0.717, 1.165) is 16.2 Å². The second-order valence-corrected chi connectivity index (χ2v) is 7.44. The minimum Gasteiger partial charge on any atom is -0.454 e. The summed E-state index contributed by atoms with van der Waals surface area (Å²) in [4.78, 5) is 28.8. The summed E-state index contributed by atoms with van der Waals surface area (Å²) < 4.78 is 10.7. The highest BCUT2D eigenvalue weighted by Gasteiger charge is 2.19. The number of thioether (sulfide) groups is 1. The Bertz CT molecular complexity index is 854. The molecule has 2 aromatic rings. The number of carbonyl (C=O) groups excluding carboxylic acids is 2. The summed E-state index contributed by atoms with van der Waals surface area (Å²) in [5, 5.41) is 0. The summed E-state index contributed by atoms with van der Waals surface area (Å²) in [6, 6.07) is 13.0. The molecule has 27 heavy (non-hydrogen) atoms. The Morgan fingerprint density at radius 3 is 2.56 bits per heavy atom. The van der Waals surface area contributed by atoms with Gasteiger partial charge < -0.3 is 19.3 Å². The van der Waals surface area contributed by atoms with Crippen molar-refractivity contribution in [3.8, 4) is 11.5 Å². The molecular formula is C20H22N2O4S. The molecule has 0 saturated heterocycles. The van der Waals surface area contributed by atoms with Crippen molar-refractivity contribution in [3.63, 3.8) is 0 Å². The zero-order valence-corrected chi connectivity index (χ0v) is 16.4. The van der Waals surface area contributed by atoms with Gasteiger partial charge in [0.05, 0.1) is 11.3 Å². The summed E-state index contributed by atoms with van der Waals surface area (Å²) in [6.07, 6.45) is 0. The summed E-state index contributed by atoms with van der Waals surface area (Å²) in [6.45, 7) is 0.676. The molecule has 0 fully saturated rings. The zero-order valence-electron chi connectivity index (χ0n) is 15.6. The molecule has 2 aromatic carbocycles. The number of benzene rings is 2. The van der Waals surface area contributed by atoms with Gasteiger partial charge >= 0.3 is 0 Å². The smallest absolute Gasteiger partial charge is 0.255 e. The third-order valence-electron chi connectivity index (χ3n) is 4.17. The molecule has 0 aliphatic carbocycles. The van der Waals surface area contributed by atoms with Gasteiger partial charge in [0, 0.05) is 32.6 Å². The quantitative estimate of drug-likeness (QED) is 0.715. The maximum atomic E-state index is 12.9. The van der Waals surface area contributed by atoms with E-state index >= 15 is 0 Å². The molecule has 1 heterocycles. The third kappa shape index (κ3) is 4.54. The second kappa shape index (κ2) is 8.35. The van der Waals surface area contributed by atoms with E-state index in [2.05, 4.69) is 0 Å². The molecule has 6 nitrogen and oxygen atoms in total. The minimum absolute atomic E-state index is 0.0102. The summed E-state index contributed by atoms with van der Waals surface area (Å²) in [5.41, 5.74) is 1.56. The van der Waals surface area contributed by atoms with Crippen LogP contribution >= 0.6 is 11.8 Å². The molecule has 7 heteroatoms. The van der Waals surface area contributed by atoms with Crippen molar-refractivity contribution in [2.45, 2.75) is 11.4 Å². The molecule has 0 saturated carbocycles. The SMILES string of the molecule is CN(C)C(=O)CSc1ccccc1C(=O)N(C)Cc1ccc2c(c1)OCO2. The molecule has 0 bridgehead atoms. The van der Waals surface area contributed by atoms with Crippen LogP contribution in [0.4, 0.5) is 0 Å². The molecule has 142 valence electrons. The lowest BCUT2D eigenvalue weighted by atomic mass is 10.1. The standard InChI is InChI=1S/C20H22N2O4S/c1-21(2)19(23)12-27-18-7-5-4-6-15(18)20(24)22(3)11-14-8-9-16-17(10-14)26-13-25-16/h4-10H,11-13H2,1-3H3. The van der Waals surface area contributed by atoms with Crippen LogP contribution in [0.25, 0.3) is 0 Å². The Morgan fingerprint density at radius 1 is 1.04 bits per heavy atom. The molecule has 1 aliphatic rings. The van der Waals surface area contributed by atoms with Gasteiger partial charge in [-0.05, 0) is 29.8 Å². The van der Waals surface area contributed by atoms with Crippen molar-refractivity contribution in [2.24, 2.45) is 0 Å². The van der Waals surface area contributed by atoms with Gasteiger partial charge in [-0.3, -0.25) is 9.59 Å². The molecule has 2 amide bonds. The Labute approximate surface area is 163 Å². The first kappa shape index (κ1) is 19.1. The highest BCUT2D eigenvalue weighted by atomic mass is 32.2. The lowest BCUT2D eigenvalue weighted by Gasteiger charge is -2.19. The molecule has 0 atom stereocenters. The molecule has 3 rings (SSSR count). The first-order chi connectivity index (χ1) is 13.0. The second-order valence-electron chi connectivity index (χ2n) is 6.42. The van der Waals surface area contributed by atoms with Gasteiger partial charge in [0.15, 0.2) is 11.5 Å². The van der Waals surface area contributed by atoms with Crippen molar-refractivity contribution >= 4 is 23.6 Å². The van der Waals surface area contributed by atoms with Gasteiger partial charge in [-0.15, -0.1) is 11.8 Å². The van der Waals surface area contributed by atoms with Gasteiger partial charge in [-0.25, -0.2) is 0 Å². The van der Waals surface area contributed by atoms with E-state index in [9.17, 15) is 9.59 Å². The van der Waals surface area contributed by atoms with Gasteiger partial charge in [0.25, 0.3) is 5.91 Å². The van der Waals surface area contributed by atoms with Crippen LogP contribution in [0.1, 0.15) is 15.9 Å². The van der Waals surface area contributed by atoms with E-state index in [1.54, 1.807) is 37.0 Å². The lowest BCUT2D eigenvalue weighted by Crippen LogP contribution is -2.27. The fourth-order valence-corrected chi connectivity index (χ4v) is 3.65. The van der Waals surface area contributed by atoms with Crippen molar-refractivity contribution in [2.75, 3.05) is 33.7 Å². The first-order valence-electron chi connectivity index (χ1n) is 8.51. The van der Waals surface area contributed by atoms with Crippen LogP contribution in [-0.2, 0) is 11.3 Å². The van der Waals surface area contributed by atoms with E-state index in [4.69, 9.17) is 9.47 Å². The monoisotopic (exact) mass is 386 g/mol. The van der Waals surface area contributed by atoms with E-state index in [-0.39, 0.29) is 18.6 Å². The van der Waals surface area contributed by atoms with E-state index in [0.29, 0.717) is 23.6 Å². The Kier molecular flexibility index (Phi) is 5.91. The maximum Gasteiger partial charge on any atom is 0.255 e. The fraction of sp³-hybridized carbons (Fsp3) is 0.300. The van der Waals surface area contributed by atoms with Crippen LogP contribution in [0.2, 0.25) is 0 Å². The molecule has 0 N–H and O–H groups in total. The fourth-order valence-electron chi connectivity index (χ4n) is 2.63. The summed E-state index contributed by atoms with van der Waals surface area (Å²) >= 11 is 1.38. The minimum atomic E-state index is -0.0898. The maximum absolute atomic E-state index is 12.9. The Morgan fingerprint density at radius 2 is 1.78 bits per heavy atom. The third-order valence-corrected chi connectivity index (χ3v) is 5.23. The number of fused-ring (bicyclic) bond motifs is 1. The van der Waals surface area contributed by atoms with Crippen LogP contribution in [0.15, 0.2) is 47.4 Å². The number of nitrogens with zero attached hydrogens (tertiary/aromatic N) is 2. The predicted octanol–water partition coefficient (Wildman–Crippen LogP) is 2.87. The van der Waals surface area contributed by atoms with Gasteiger partial charge in [-0.2, -0.15) is 0 Å². The Balaban J connectivity index is 1.70. The molecular weight excluding hydrogens is 364 g/mol. The Hall–Kier alpha value is -2.67. The highest BCUT2D eigenvalue weighted by molar-refractivity contribution is 8.00. The summed E-state index contributed by atoms with van der Waals surface area (Å²) in [5.74, 6) is 1.64. The molecule has 1 aliphatic heterocycles. The number of ether oxygens (including phenoxy) is 2. The number of rotatable bonds is 6. The van der Waals surface area contributed by atoms with Crippen molar-refractivity contribution in [1.82, 2.24) is 9.80 Å². The number of amides is 2. The van der Waals surface area contributed by atoms with Crippen LogP contribution < -0.4 is 9.47 Å². The van der Waals surface area contributed by atoms with Crippen LogP contribution in [-0.4, -0.2) is 55.3 Å². The number of carbonyl (C=O) groups is 2. The van der Waals surface area contributed by atoms with Gasteiger partial charge in [0.2, 0.25) is 12.7 Å². The average molecular weight is 386 g/mol. The molecule has 0 aromatic heterocycles. The van der Waals surface area contributed by atoms with Crippen molar-refractivity contribution in [3.05, 3.63) is 53.6 Å². The van der Waals surface area contributed by atoms with Gasteiger partial charge in [0.1, 0.15) is 0 Å². The largest absolute Gasteiger partial charge is 0.454 e. The topological polar surface area (TPSA) is 59.1 Å². The van der Waals surface area contributed by atoms with Crippen LogP contribution in [0.3, 0.4) is 0 Å². The van der Waals surface area contributed by atoms with Crippen molar-refractivity contribution in [1.29, 1.82) is 0 Å². The van der Waals surface area contributed by atoms with Crippen molar-refractivity contribution < 1.29 is 19.1 Å². The van der Waals surface area contributed by atoms with Crippen LogP contribution in [0.5, 0.6) is 11.5 Å². The predicted molar refractivity (Wildman–Crippen MR) is 104 cm³/mol. The van der Waals surface area contributed by atoms with E-state index in [1.165, 1.54) is 11.8 Å². The lowest BCUT2D eigenvalue weighted by molar-refractivity contribution is -0.125. The first-order valence-corrected chi connectivity index (χ1v) is 9.50. The van der Waals surface area contributed by atoms with E-state index in [1.807, 2.05) is 36.4 Å².